The quantitative estimate of drug-likeness (QED) is 0.493. The van der Waals surface area contributed by atoms with Crippen LogP contribution in [0.2, 0.25) is 0 Å². The molecule has 1 aromatic rings. The third kappa shape index (κ3) is 4.28. The molecule has 24 heavy (non-hydrogen) atoms. The second-order valence-electron chi connectivity index (χ2n) is 7.88. The van der Waals surface area contributed by atoms with Crippen molar-refractivity contribution in [3.8, 4) is 0 Å². The Morgan fingerprint density at radius 2 is 1.67 bits per heavy atom. The molecule has 0 aromatic heterocycles. The maximum absolute atomic E-state index is 6.09. The van der Waals surface area contributed by atoms with Gasteiger partial charge in [0.25, 0.3) is 0 Å². The number of guanidine groups is 1. The Balaban J connectivity index is 3.37. The summed E-state index contributed by atoms with van der Waals surface area (Å²) in [5.74, 6) is 0.487. The Bertz CT molecular complexity index is 617. The van der Waals surface area contributed by atoms with Crippen LogP contribution in [0.3, 0.4) is 0 Å². The fourth-order valence-electron chi connectivity index (χ4n) is 2.65. The zero-order valence-electron chi connectivity index (χ0n) is 16.4. The molecular formula is C21H33N3. The number of hydrogen-bond donors (Lipinski definition) is 1. The van der Waals surface area contributed by atoms with E-state index in [1.54, 1.807) is 0 Å². The third-order valence-electron chi connectivity index (χ3n) is 4.65. The van der Waals surface area contributed by atoms with Gasteiger partial charge in [-0.15, -0.1) is 6.58 Å². The van der Waals surface area contributed by atoms with Crippen molar-refractivity contribution in [2.24, 2.45) is 10.7 Å². The molecule has 3 nitrogen and oxygen atoms in total. The molecule has 0 heterocycles. The Kier molecular flexibility index (Phi) is 6.04. The van der Waals surface area contributed by atoms with Crippen molar-refractivity contribution in [2.45, 2.75) is 51.5 Å². The van der Waals surface area contributed by atoms with Crippen LogP contribution >= 0.6 is 0 Å². The van der Waals surface area contributed by atoms with E-state index in [-0.39, 0.29) is 11.3 Å². The van der Waals surface area contributed by atoms with Crippen molar-refractivity contribution in [2.75, 3.05) is 14.1 Å². The van der Waals surface area contributed by atoms with Crippen LogP contribution in [0.25, 0.3) is 0 Å². The molecule has 0 spiro atoms. The van der Waals surface area contributed by atoms with E-state index in [1.165, 1.54) is 11.1 Å². The van der Waals surface area contributed by atoms with Crippen molar-refractivity contribution >= 4 is 5.96 Å². The number of nitrogens with two attached hydrogens (primary N) is 1. The Morgan fingerprint density at radius 3 is 2.00 bits per heavy atom. The van der Waals surface area contributed by atoms with E-state index in [0.717, 1.165) is 5.57 Å². The van der Waals surface area contributed by atoms with E-state index in [9.17, 15) is 0 Å². The maximum Gasteiger partial charge on any atom is 0.191 e. The molecule has 0 unspecified atom stereocenters. The lowest BCUT2D eigenvalue weighted by Crippen LogP contribution is -2.39. The highest BCUT2D eigenvalue weighted by Gasteiger charge is 2.35. The van der Waals surface area contributed by atoms with Crippen LogP contribution in [-0.4, -0.2) is 30.5 Å². The molecule has 1 aromatic carbocycles. The topological polar surface area (TPSA) is 41.6 Å². The predicted molar refractivity (Wildman–Crippen MR) is 107 cm³/mol. The first kappa shape index (κ1) is 20.0. The minimum absolute atomic E-state index is 0.00233. The highest BCUT2D eigenvalue weighted by Crippen LogP contribution is 2.38. The normalized spacial score (nSPS) is 16.2. The second kappa shape index (κ2) is 7.25. The number of hydrogen-bond acceptors (Lipinski definition) is 1. The molecule has 0 saturated heterocycles. The molecule has 1 rings (SSSR count). The summed E-state index contributed by atoms with van der Waals surface area (Å²) in [6, 6.07) is 8.69. The monoisotopic (exact) mass is 327 g/mol. The van der Waals surface area contributed by atoms with Gasteiger partial charge in [0.1, 0.15) is 0 Å². The van der Waals surface area contributed by atoms with E-state index < -0.39 is 5.54 Å². The fourth-order valence-corrected chi connectivity index (χ4v) is 2.65. The Hall–Kier alpha value is -2.03. The van der Waals surface area contributed by atoms with Gasteiger partial charge in [0.2, 0.25) is 0 Å². The summed E-state index contributed by atoms with van der Waals surface area (Å²) in [4.78, 5) is 6.59. The minimum atomic E-state index is -0.542. The van der Waals surface area contributed by atoms with Crippen molar-refractivity contribution in [3.05, 3.63) is 60.2 Å². The zero-order valence-corrected chi connectivity index (χ0v) is 16.4. The summed E-state index contributed by atoms with van der Waals surface area (Å²) in [6.07, 6.45) is 1.94. The molecule has 0 fully saturated rings. The van der Waals surface area contributed by atoms with Crippen LogP contribution in [0.4, 0.5) is 0 Å². The van der Waals surface area contributed by atoms with Crippen LogP contribution in [0.5, 0.6) is 0 Å². The van der Waals surface area contributed by atoms with Gasteiger partial charge in [0.15, 0.2) is 5.96 Å². The fraction of sp³-hybridized carbons (Fsp3) is 0.476. The van der Waals surface area contributed by atoms with E-state index in [1.807, 2.05) is 32.0 Å². The predicted octanol–water partition coefficient (Wildman–Crippen LogP) is 4.46. The highest BCUT2D eigenvalue weighted by atomic mass is 15.2. The van der Waals surface area contributed by atoms with Crippen LogP contribution < -0.4 is 5.73 Å². The molecular weight excluding hydrogens is 294 g/mol. The lowest BCUT2D eigenvalue weighted by molar-refractivity contribution is 0.482. The van der Waals surface area contributed by atoms with Gasteiger partial charge in [-0.2, -0.15) is 0 Å². The van der Waals surface area contributed by atoms with E-state index >= 15 is 0 Å². The molecule has 2 atom stereocenters. The average Bonchev–Trinajstić information content (AvgIpc) is 2.47. The Morgan fingerprint density at radius 1 is 1.17 bits per heavy atom. The molecule has 2 N–H and O–H groups in total. The van der Waals surface area contributed by atoms with Gasteiger partial charge in [-0.1, -0.05) is 63.3 Å². The summed E-state index contributed by atoms with van der Waals surface area (Å²) in [5.41, 5.74) is 9.11. The number of aliphatic imine (C=N–C) groups is 1. The SMILES string of the molecule is C=C[C@H](c1ccc(C(C)(C)C)cc1)[C@](C)(N=C(N)N(C)C)C(=C)C. The molecule has 0 aliphatic carbocycles. The average molecular weight is 328 g/mol. The minimum Gasteiger partial charge on any atom is -0.370 e. The molecule has 0 saturated carbocycles. The second-order valence-corrected chi connectivity index (χ2v) is 7.88. The van der Waals surface area contributed by atoms with Crippen molar-refractivity contribution in [1.29, 1.82) is 0 Å². The molecule has 0 amide bonds. The molecule has 0 radical (unpaired) electrons. The first-order valence-electron chi connectivity index (χ1n) is 8.35. The van der Waals surface area contributed by atoms with E-state index in [4.69, 9.17) is 10.7 Å². The van der Waals surface area contributed by atoms with Crippen molar-refractivity contribution in [3.63, 3.8) is 0 Å². The van der Waals surface area contributed by atoms with Crippen LogP contribution in [0, 0.1) is 0 Å². The smallest absolute Gasteiger partial charge is 0.191 e. The Labute approximate surface area is 148 Å². The van der Waals surface area contributed by atoms with Gasteiger partial charge >= 0.3 is 0 Å². The van der Waals surface area contributed by atoms with Gasteiger partial charge in [0, 0.05) is 20.0 Å². The summed E-state index contributed by atoms with van der Waals surface area (Å²) in [7, 11) is 3.78. The van der Waals surface area contributed by atoms with Gasteiger partial charge in [-0.3, -0.25) is 0 Å². The summed E-state index contributed by atoms with van der Waals surface area (Å²) in [6.45, 7) is 18.9. The first-order valence-corrected chi connectivity index (χ1v) is 8.35. The molecule has 0 aliphatic rings. The lowest BCUT2D eigenvalue weighted by Gasteiger charge is -2.35. The largest absolute Gasteiger partial charge is 0.370 e. The molecule has 0 aliphatic heterocycles. The van der Waals surface area contributed by atoms with E-state index in [0.29, 0.717) is 5.96 Å². The molecule has 0 bridgehead atoms. The van der Waals surface area contributed by atoms with Crippen molar-refractivity contribution < 1.29 is 0 Å². The van der Waals surface area contributed by atoms with E-state index in [2.05, 4.69) is 65.1 Å². The van der Waals surface area contributed by atoms with Crippen molar-refractivity contribution in [1.82, 2.24) is 4.90 Å². The van der Waals surface area contributed by atoms with Gasteiger partial charge < -0.3 is 10.6 Å². The third-order valence-corrected chi connectivity index (χ3v) is 4.65. The van der Waals surface area contributed by atoms with Gasteiger partial charge in [-0.25, -0.2) is 4.99 Å². The number of nitrogens with zero attached hydrogens (tertiary/aromatic N) is 2. The van der Waals surface area contributed by atoms with Gasteiger partial charge in [-0.05, 0) is 30.4 Å². The lowest BCUT2D eigenvalue weighted by atomic mass is 9.76. The molecule has 132 valence electrons. The van der Waals surface area contributed by atoms with Crippen LogP contribution in [0.1, 0.15) is 51.7 Å². The number of rotatable bonds is 5. The summed E-state index contributed by atoms with van der Waals surface area (Å²) in [5, 5.41) is 0. The van der Waals surface area contributed by atoms with Crippen LogP contribution in [-0.2, 0) is 5.41 Å². The standard InChI is InChI=1S/C21H33N3/c1-10-18(16-11-13-17(14-12-16)20(4,5)6)21(7,15(2)3)23-19(22)24(8)9/h10-14,18H,1-2H2,3-9H3,(H2,22,23)/t18-,21-/m1/s1. The summed E-state index contributed by atoms with van der Waals surface area (Å²) < 4.78 is 0. The van der Waals surface area contributed by atoms with Crippen LogP contribution in [0.15, 0.2) is 54.1 Å². The zero-order chi connectivity index (χ0) is 18.7. The maximum atomic E-state index is 6.09. The summed E-state index contributed by atoms with van der Waals surface area (Å²) >= 11 is 0. The number of benzene rings is 1. The first-order chi connectivity index (χ1) is 10.9. The highest BCUT2D eigenvalue weighted by molar-refractivity contribution is 5.78. The van der Waals surface area contributed by atoms with Gasteiger partial charge in [0.05, 0.1) is 5.54 Å². The molecule has 3 heteroatoms.